The van der Waals surface area contributed by atoms with Gasteiger partial charge < -0.3 is 67.0 Å². The van der Waals surface area contributed by atoms with Crippen molar-refractivity contribution in [2.45, 2.75) is 77.3 Å². The molecule has 0 unspecified atom stereocenters. The number of imide groups is 1. The molecule has 2 aromatic carbocycles. The molecule has 12 amide bonds. The van der Waals surface area contributed by atoms with E-state index >= 15 is 0 Å². The Bertz CT molecular complexity index is 2550. The molecule has 28 heteroatoms. The molecular formula is C55H75N11O17. The van der Waals surface area contributed by atoms with E-state index in [0.29, 0.717) is 24.8 Å². The second-order valence-electron chi connectivity index (χ2n) is 18.7. The van der Waals surface area contributed by atoms with Crippen molar-refractivity contribution in [3.63, 3.8) is 0 Å². The second kappa shape index (κ2) is 39.6. The topological polar surface area (TPSA) is 381 Å². The van der Waals surface area contributed by atoms with Crippen LogP contribution in [0.5, 0.6) is 0 Å². The molecule has 0 aromatic heterocycles. The van der Waals surface area contributed by atoms with Crippen LogP contribution < -0.4 is 47.9 Å². The number of benzene rings is 2. The molecule has 28 nitrogen and oxygen atoms in total. The van der Waals surface area contributed by atoms with Gasteiger partial charge in [-0.2, -0.15) is 0 Å². The van der Waals surface area contributed by atoms with Crippen LogP contribution in [0.1, 0.15) is 63.5 Å². The summed E-state index contributed by atoms with van der Waals surface area (Å²) in [7, 11) is 0. The number of amides is 12. The summed E-state index contributed by atoms with van der Waals surface area (Å²) in [4.78, 5) is 175. The number of hydrogen-bond acceptors (Lipinski definition) is 17. The molecule has 1 heterocycles. The molecule has 0 radical (unpaired) electrons. The number of carbonyl (C=O) groups excluding carboxylic acids is 14. The molecule has 0 aliphatic carbocycles. The molecule has 1 aliphatic rings. The van der Waals surface area contributed by atoms with Gasteiger partial charge in [0.2, 0.25) is 59.1 Å². The highest BCUT2D eigenvalue weighted by Gasteiger charge is 2.25. The summed E-state index contributed by atoms with van der Waals surface area (Å²) in [6.07, 6.45) is 3.86. The van der Waals surface area contributed by atoms with Crippen LogP contribution in [0.3, 0.4) is 0 Å². The van der Waals surface area contributed by atoms with Crippen molar-refractivity contribution in [2.24, 2.45) is 0 Å². The Kier molecular flexibility index (Phi) is 32.7. The summed E-state index contributed by atoms with van der Waals surface area (Å²) in [5.74, 6) is -7.32. The molecule has 0 fully saturated rings. The zero-order chi connectivity index (χ0) is 60.8. The first kappa shape index (κ1) is 68.5. The number of rotatable bonds is 42. The Hall–Kier alpha value is -8.76. The van der Waals surface area contributed by atoms with Crippen molar-refractivity contribution >= 4 is 82.5 Å². The van der Waals surface area contributed by atoms with Crippen LogP contribution in [0.25, 0.3) is 0 Å². The second-order valence-corrected chi connectivity index (χ2v) is 18.7. The number of ketones is 2. The standard InChI is InChI=1S/C55H75N11O17/c1-38(67)30-60-54(79)42(28-40-12-6-3-7-13-40)63-49(74)34-58-46(71)31-56-44(69)19-24-81-26-22-65(51(76)16-10-5-11-21-66-52(77)17-18-53(66)78)23-27-82-25-20-45(70)57-32-47(72)59-35-50(75)64-43(29-41-14-8-4-9-15-41)55(80)61-33-48(73)62-37-83-36-39(2)68/h3-4,6-9,12-15,17-18,42-43H,5,10-11,16,19-37H2,1-2H3,(H,56,69)(H,57,70)(H,58,71)(H,59,72)(H,60,79)(H,61,80)(H,62,73)(H,63,74)(H,64,75)/t42-,43-/m0/s1. The molecule has 1 aliphatic heterocycles. The van der Waals surface area contributed by atoms with E-state index in [1.807, 2.05) is 0 Å². The van der Waals surface area contributed by atoms with Crippen LogP contribution in [0, 0.1) is 0 Å². The highest BCUT2D eigenvalue weighted by Crippen LogP contribution is 2.10. The Morgan fingerprint density at radius 1 is 0.458 bits per heavy atom. The maximum atomic E-state index is 13.3. The fourth-order valence-corrected chi connectivity index (χ4v) is 7.42. The molecule has 9 N–H and O–H groups in total. The minimum atomic E-state index is -1.13. The Morgan fingerprint density at radius 3 is 1.36 bits per heavy atom. The first-order valence-electron chi connectivity index (χ1n) is 26.9. The van der Waals surface area contributed by atoms with Gasteiger partial charge in [-0.1, -0.05) is 67.1 Å². The molecule has 0 bridgehead atoms. The fraction of sp³-hybridized carbons (Fsp3) is 0.491. The summed E-state index contributed by atoms with van der Waals surface area (Å²) in [5.41, 5.74) is 1.45. The predicted octanol–water partition coefficient (Wildman–Crippen LogP) is -3.47. The molecule has 2 aromatic rings. The third kappa shape index (κ3) is 31.1. The van der Waals surface area contributed by atoms with Crippen molar-refractivity contribution < 1.29 is 81.3 Å². The molecular weight excluding hydrogens is 1090 g/mol. The SMILES string of the molecule is CC(=O)CNC(=O)[C@H](Cc1ccccc1)NC(=O)CNC(=O)CNC(=O)CCOCCN(CCOCCC(=O)NCC(=O)NCC(=O)N[C@@H](Cc1ccccc1)C(=O)NCC(=O)NCOCC(C)=O)C(=O)CCCCCN1C(=O)C=CC1=O. The third-order valence-electron chi connectivity index (χ3n) is 11.7. The molecule has 3 rings (SSSR count). The summed E-state index contributed by atoms with van der Waals surface area (Å²) >= 11 is 0. The normalized spacial score (nSPS) is 12.2. The highest BCUT2D eigenvalue weighted by atomic mass is 16.5. The van der Waals surface area contributed by atoms with Crippen molar-refractivity contribution in [3.05, 3.63) is 83.9 Å². The Labute approximate surface area is 480 Å². The smallest absolute Gasteiger partial charge is 0.253 e. The van der Waals surface area contributed by atoms with Gasteiger partial charge in [-0.05, 0) is 37.8 Å². The van der Waals surface area contributed by atoms with E-state index in [0.717, 1.165) is 10.5 Å². The first-order valence-corrected chi connectivity index (χ1v) is 26.9. The van der Waals surface area contributed by atoms with Crippen LogP contribution in [-0.2, 0) is 94.2 Å². The summed E-state index contributed by atoms with van der Waals surface area (Å²) < 4.78 is 16.2. The van der Waals surface area contributed by atoms with E-state index in [1.54, 1.807) is 60.7 Å². The highest BCUT2D eigenvalue weighted by molar-refractivity contribution is 6.12. The predicted molar refractivity (Wildman–Crippen MR) is 294 cm³/mol. The first-order chi connectivity index (χ1) is 39.8. The zero-order valence-corrected chi connectivity index (χ0v) is 46.7. The van der Waals surface area contributed by atoms with Crippen LogP contribution in [0.2, 0.25) is 0 Å². The summed E-state index contributed by atoms with van der Waals surface area (Å²) in [6, 6.07) is 15.4. The van der Waals surface area contributed by atoms with Crippen molar-refractivity contribution in [3.8, 4) is 0 Å². The van der Waals surface area contributed by atoms with Crippen LogP contribution >= 0.6 is 0 Å². The van der Waals surface area contributed by atoms with Gasteiger partial charge in [0.15, 0.2) is 5.78 Å². The van der Waals surface area contributed by atoms with Gasteiger partial charge in [0.1, 0.15) is 31.2 Å². The maximum Gasteiger partial charge on any atom is 0.253 e. The van der Waals surface area contributed by atoms with Gasteiger partial charge in [-0.15, -0.1) is 0 Å². The number of ether oxygens (including phenoxy) is 3. The minimum absolute atomic E-state index is 0.00528. The number of hydrogen-bond donors (Lipinski definition) is 9. The average molecular weight is 1160 g/mol. The van der Waals surface area contributed by atoms with Gasteiger partial charge in [0, 0.05) is 63.9 Å². The van der Waals surface area contributed by atoms with Crippen molar-refractivity contribution in [1.29, 1.82) is 0 Å². The summed E-state index contributed by atoms with van der Waals surface area (Å²) in [5, 5.41) is 22.0. The lowest BCUT2D eigenvalue weighted by Gasteiger charge is -2.23. The monoisotopic (exact) mass is 1160 g/mol. The average Bonchev–Trinajstić information content (AvgIpc) is 3.87. The number of carbonyl (C=O) groups is 14. The molecule has 0 saturated heterocycles. The van der Waals surface area contributed by atoms with Gasteiger partial charge in [0.25, 0.3) is 11.8 Å². The zero-order valence-electron chi connectivity index (χ0n) is 46.7. The van der Waals surface area contributed by atoms with E-state index in [4.69, 9.17) is 14.2 Å². The van der Waals surface area contributed by atoms with Gasteiger partial charge >= 0.3 is 0 Å². The van der Waals surface area contributed by atoms with Crippen molar-refractivity contribution in [1.82, 2.24) is 57.7 Å². The number of Topliss-reactive ketones (excluding diaryl/α,β-unsaturated/α-hetero) is 2. The quantitative estimate of drug-likeness (QED) is 0.0177. The third-order valence-corrected chi connectivity index (χ3v) is 11.7. The number of nitrogens with zero attached hydrogens (tertiary/aromatic N) is 2. The number of nitrogens with one attached hydrogen (secondary N) is 9. The molecule has 2 atom stereocenters. The lowest BCUT2D eigenvalue weighted by molar-refractivity contribution is -0.137. The lowest BCUT2D eigenvalue weighted by Crippen LogP contribution is -2.52. The van der Waals surface area contributed by atoms with E-state index in [1.165, 1.54) is 30.9 Å². The van der Waals surface area contributed by atoms with E-state index < -0.39 is 110 Å². The Balaban J connectivity index is 1.38. The molecule has 452 valence electrons. The van der Waals surface area contributed by atoms with Crippen molar-refractivity contribution in [2.75, 3.05) is 98.7 Å². The Morgan fingerprint density at radius 2 is 0.892 bits per heavy atom. The largest absolute Gasteiger partial charge is 0.379 e. The van der Waals surface area contributed by atoms with E-state index in [9.17, 15) is 67.1 Å². The molecule has 0 saturated carbocycles. The molecule has 83 heavy (non-hydrogen) atoms. The number of unbranched alkanes of at least 4 members (excludes halogenated alkanes) is 2. The molecule has 0 spiro atoms. The van der Waals surface area contributed by atoms with E-state index in [-0.39, 0.29) is 116 Å². The fourth-order valence-electron chi connectivity index (χ4n) is 7.42. The summed E-state index contributed by atoms with van der Waals surface area (Å²) in [6.45, 7) is -0.234. The van der Waals surface area contributed by atoms with Gasteiger partial charge in [-0.25, -0.2) is 0 Å². The van der Waals surface area contributed by atoms with Crippen LogP contribution in [0.15, 0.2) is 72.8 Å². The lowest BCUT2D eigenvalue weighted by atomic mass is 10.1. The van der Waals surface area contributed by atoms with Gasteiger partial charge in [-0.3, -0.25) is 72.0 Å². The minimum Gasteiger partial charge on any atom is -0.379 e. The van der Waals surface area contributed by atoms with Crippen LogP contribution in [0.4, 0.5) is 0 Å². The van der Waals surface area contributed by atoms with E-state index in [2.05, 4.69) is 47.9 Å². The maximum absolute atomic E-state index is 13.3. The van der Waals surface area contributed by atoms with Gasteiger partial charge in [0.05, 0.1) is 65.7 Å². The van der Waals surface area contributed by atoms with Crippen LogP contribution in [-0.4, -0.2) is 203 Å².